The van der Waals surface area contributed by atoms with Crippen molar-refractivity contribution in [3.05, 3.63) is 23.8 Å². The third-order valence-electron chi connectivity index (χ3n) is 7.32. The van der Waals surface area contributed by atoms with E-state index >= 15 is 0 Å². The van der Waals surface area contributed by atoms with Crippen molar-refractivity contribution in [1.29, 1.82) is 0 Å². The standard InChI is InChI=1S/C28H42O4/c1-4-5-11-21(2)12-10-14-24-25-19-22(13-6-7-15-27(29)30-3)18-23(25)20-26(24)32-28-16-8-9-17-31-28/h10,13-14,21,23-26,28H,6-9,11-12,15-20H2,1-3H3/b14-10+,22-13+/t21-,23?,24+,25-,26+,28?/m0/s1. The van der Waals surface area contributed by atoms with E-state index in [-0.39, 0.29) is 18.4 Å². The lowest BCUT2D eigenvalue weighted by Crippen LogP contribution is -2.30. The molecule has 0 bridgehead atoms. The Hall–Kier alpha value is -1.57. The molecule has 0 aromatic rings. The fourth-order valence-electron chi connectivity index (χ4n) is 5.56. The van der Waals surface area contributed by atoms with Gasteiger partial charge in [0, 0.05) is 25.4 Å². The smallest absolute Gasteiger partial charge is 0.305 e. The highest BCUT2D eigenvalue weighted by Gasteiger charge is 2.47. The van der Waals surface area contributed by atoms with Crippen LogP contribution in [0.15, 0.2) is 23.8 Å². The molecule has 178 valence electrons. The van der Waals surface area contributed by atoms with Gasteiger partial charge < -0.3 is 14.2 Å². The van der Waals surface area contributed by atoms with Crippen molar-refractivity contribution in [3.8, 4) is 11.8 Å². The summed E-state index contributed by atoms with van der Waals surface area (Å²) in [5, 5.41) is 0. The van der Waals surface area contributed by atoms with Crippen molar-refractivity contribution in [2.24, 2.45) is 23.7 Å². The van der Waals surface area contributed by atoms with E-state index in [0.29, 0.717) is 30.1 Å². The van der Waals surface area contributed by atoms with Gasteiger partial charge in [-0.15, -0.1) is 11.8 Å². The normalized spacial score (nSPS) is 32.0. The lowest BCUT2D eigenvalue weighted by atomic mass is 9.90. The molecule has 0 amide bonds. The van der Waals surface area contributed by atoms with Gasteiger partial charge in [0.25, 0.3) is 0 Å². The third-order valence-corrected chi connectivity index (χ3v) is 7.32. The minimum atomic E-state index is -0.110. The van der Waals surface area contributed by atoms with Gasteiger partial charge in [-0.2, -0.15) is 0 Å². The summed E-state index contributed by atoms with van der Waals surface area (Å²) in [6.07, 6.45) is 18.7. The van der Waals surface area contributed by atoms with Crippen LogP contribution < -0.4 is 0 Å². The van der Waals surface area contributed by atoms with Crippen LogP contribution in [-0.4, -0.2) is 32.1 Å². The van der Waals surface area contributed by atoms with Gasteiger partial charge in [0.15, 0.2) is 6.29 Å². The predicted octanol–water partition coefficient (Wildman–Crippen LogP) is 6.21. The highest BCUT2D eigenvalue weighted by Crippen LogP contribution is 2.52. The molecule has 4 nitrogen and oxygen atoms in total. The summed E-state index contributed by atoms with van der Waals surface area (Å²) < 4.78 is 17.2. The number of rotatable bonds is 10. The fourth-order valence-corrected chi connectivity index (χ4v) is 5.56. The summed E-state index contributed by atoms with van der Waals surface area (Å²) in [6.45, 7) is 5.02. The van der Waals surface area contributed by atoms with Crippen molar-refractivity contribution < 1.29 is 19.0 Å². The van der Waals surface area contributed by atoms with Gasteiger partial charge >= 0.3 is 5.97 Å². The van der Waals surface area contributed by atoms with Gasteiger partial charge in [-0.05, 0) is 82.5 Å². The molecule has 32 heavy (non-hydrogen) atoms. The van der Waals surface area contributed by atoms with E-state index in [1.165, 1.54) is 26.4 Å². The first-order valence-corrected chi connectivity index (χ1v) is 12.7. The van der Waals surface area contributed by atoms with Crippen molar-refractivity contribution in [1.82, 2.24) is 0 Å². The topological polar surface area (TPSA) is 44.8 Å². The van der Waals surface area contributed by atoms with Gasteiger partial charge in [0.1, 0.15) is 0 Å². The summed E-state index contributed by atoms with van der Waals surface area (Å²) in [7, 11) is 1.46. The molecule has 4 heteroatoms. The number of esters is 1. The second kappa shape index (κ2) is 13.2. The minimum Gasteiger partial charge on any atom is -0.469 e. The van der Waals surface area contributed by atoms with Crippen LogP contribution in [0.1, 0.15) is 84.5 Å². The number of hydrogen-bond donors (Lipinski definition) is 0. The van der Waals surface area contributed by atoms with E-state index in [9.17, 15) is 4.79 Å². The molecule has 2 aliphatic carbocycles. The van der Waals surface area contributed by atoms with Crippen LogP contribution in [0, 0.1) is 35.5 Å². The summed E-state index contributed by atoms with van der Waals surface area (Å²) in [5.74, 6) is 8.53. The number of allylic oxidation sites excluding steroid dienone is 3. The van der Waals surface area contributed by atoms with Crippen LogP contribution in [0.2, 0.25) is 0 Å². The first-order valence-electron chi connectivity index (χ1n) is 12.7. The van der Waals surface area contributed by atoms with Crippen LogP contribution >= 0.6 is 0 Å². The predicted molar refractivity (Wildman–Crippen MR) is 128 cm³/mol. The number of carbonyl (C=O) groups is 1. The Kier molecular flexibility index (Phi) is 10.3. The van der Waals surface area contributed by atoms with Gasteiger partial charge in [-0.1, -0.05) is 30.7 Å². The molecule has 2 saturated carbocycles. The molecular weight excluding hydrogens is 400 g/mol. The van der Waals surface area contributed by atoms with E-state index in [2.05, 4.69) is 37.0 Å². The minimum absolute atomic E-state index is 0.0180. The second-order valence-electron chi connectivity index (χ2n) is 9.85. The maximum absolute atomic E-state index is 11.3. The molecule has 0 aromatic carbocycles. The van der Waals surface area contributed by atoms with Gasteiger partial charge in [0.2, 0.25) is 0 Å². The summed E-state index contributed by atoms with van der Waals surface area (Å²) in [5.41, 5.74) is 1.57. The molecule has 2 unspecified atom stereocenters. The Balaban J connectivity index is 1.58. The van der Waals surface area contributed by atoms with Gasteiger partial charge in [0.05, 0.1) is 13.2 Å². The molecule has 0 radical (unpaired) electrons. The maximum atomic E-state index is 11.3. The van der Waals surface area contributed by atoms with Crippen molar-refractivity contribution in [2.75, 3.05) is 13.7 Å². The Morgan fingerprint density at radius 3 is 2.94 bits per heavy atom. The Morgan fingerprint density at radius 1 is 1.31 bits per heavy atom. The molecule has 1 aliphatic heterocycles. The van der Waals surface area contributed by atoms with E-state index in [1.54, 1.807) is 5.57 Å². The van der Waals surface area contributed by atoms with Crippen LogP contribution in [-0.2, 0) is 19.0 Å². The Morgan fingerprint density at radius 2 is 2.19 bits per heavy atom. The van der Waals surface area contributed by atoms with Crippen LogP contribution in [0.4, 0.5) is 0 Å². The zero-order chi connectivity index (χ0) is 22.8. The highest BCUT2D eigenvalue weighted by molar-refractivity contribution is 5.69. The highest BCUT2D eigenvalue weighted by atomic mass is 16.7. The number of carbonyl (C=O) groups excluding carboxylic acids is 1. The number of hydrogen-bond acceptors (Lipinski definition) is 4. The molecule has 3 rings (SSSR count). The SMILES string of the molecule is CC#CC[C@H](C)C/C=C/[C@H]1[C@H](OC2CCCCO2)CC2C/C(=C\CCCC(=O)OC)C[C@@H]21. The van der Waals surface area contributed by atoms with E-state index in [4.69, 9.17) is 14.2 Å². The van der Waals surface area contributed by atoms with E-state index in [1.807, 2.05) is 6.92 Å². The molecule has 3 fully saturated rings. The summed E-state index contributed by atoms with van der Waals surface area (Å²) >= 11 is 0. The van der Waals surface area contributed by atoms with Crippen molar-refractivity contribution in [3.63, 3.8) is 0 Å². The van der Waals surface area contributed by atoms with Crippen molar-refractivity contribution in [2.45, 2.75) is 96.9 Å². The van der Waals surface area contributed by atoms with E-state index < -0.39 is 0 Å². The molecule has 0 spiro atoms. The zero-order valence-corrected chi connectivity index (χ0v) is 20.3. The lowest BCUT2D eigenvalue weighted by molar-refractivity contribution is -0.193. The number of unbranched alkanes of at least 4 members (excludes halogenated alkanes) is 1. The first kappa shape index (κ1) is 25.1. The second-order valence-corrected chi connectivity index (χ2v) is 9.85. The quantitative estimate of drug-likeness (QED) is 0.175. The van der Waals surface area contributed by atoms with Crippen LogP contribution in [0.3, 0.4) is 0 Å². The van der Waals surface area contributed by atoms with Crippen LogP contribution in [0.5, 0.6) is 0 Å². The van der Waals surface area contributed by atoms with E-state index in [0.717, 1.165) is 51.6 Å². The van der Waals surface area contributed by atoms with Crippen LogP contribution in [0.25, 0.3) is 0 Å². The Bertz CT molecular complexity index is 707. The lowest BCUT2D eigenvalue weighted by Gasteiger charge is -2.29. The van der Waals surface area contributed by atoms with Gasteiger partial charge in [-0.3, -0.25) is 4.79 Å². The average Bonchev–Trinajstić information content (AvgIpc) is 3.33. The number of methoxy groups -OCH3 is 1. The maximum Gasteiger partial charge on any atom is 0.305 e. The molecule has 1 heterocycles. The fraction of sp³-hybridized carbons (Fsp3) is 0.750. The molecule has 1 saturated heterocycles. The average molecular weight is 443 g/mol. The molecule has 0 aromatic heterocycles. The monoisotopic (exact) mass is 442 g/mol. The summed E-state index contributed by atoms with van der Waals surface area (Å²) in [4.78, 5) is 11.3. The number of fused-ring (bicyclic) bond motifs is 1. The molecular formula is C28H42O4. The zero-order valence-electron chi connectivity index (χ0n) is 20.3. The third kappa shape index (κ3) is 7.49. The van der Waals surface area contributed by atoms with Gasteiger partial charge in [-0.25, -0.2) is 0 Å². The molecule has 3 aliphatic rings. The number of ether oxygens (including phenoxy) is 3. The van der Waals surface area contributed by atoms with Crippen molar-refractivity contribution >= 4 is 5.97 Å². The first-order chi connectivity index (χ1) is 15.6. The largest absolute Gasteiger partial charge is 0.469 e. The summed E-state index contributed by atoms with van der Waals surface area (Å²) in [6, 6.07) is 0. The molecule has 6 atom stereocenters. The Labute approximate surface area is 195 Å². The molecule has 0 N–H and O–H groups in total.